The highest BCUT2D eigenvalue weighted by Crippen LogP contribution is 2.28. The molecule has 1 aromatic heterocycles. The van der Waals surface area contributed by atoms with Gasteiger partial charge in [-0.15, -0.1) is 12.4 Å². The summed E-state index contributed by atoms with van der Waals surface area (Å²) < 4.78 is 0. The van der Waals surface area contributed by atoms with Gasteiger partial charge < -0.3 is 10.6 Å². The average Bonchev–Trinajstić information content (AvgIpc) is 2.38. The topological polar surface area (TPSA) is 72.1 Å². The fourth-order valence-electron chi connectivity index (χ4n) is 2.56. The number of carbonyl (C=O) groups is 1. The minimum Gasteiger partial charge on any atom is -0.341 e. The van der Waals surface area contributed by atoms with Gasteiger partial charge in [-0.05, 0) is 31.7 Å². The molecule has 1 aliphatic heterocycles. The maximum absolute atomic E-state index is 12.3. The molecule has 0 saturated carbocycles. The van der Waals surface area contributed by atoms with Gasteiger partial charge in [-0.25, -0.2) is 9.97 Å². The molecular formula is C15H25ClN4OS. The molecule has 0 aliphatic carbocycles. The molecule has 1 atom stereocenters. The number of hydrogen-bond donors (Lipinski definition) is 1. The number of rotatable bonds is 3. The Morgan fingerprint density at radius 2 is 2.00 bits per heavy atom. The quantitative estimate of drug-likeness (QED) is 0.672. The number of nitrogens with zero attached hydrogens (tertiary/aromatic N) is 3. The fourth-order valence-corrected chi connectivity index (χ4v) is 3.41. The van der Waals surface area contributed by atoms with Crippen molar-refractivity contribution >= 4 is 30.1 Å². The van der Waals surface area contributed by atoms with Crippen molar-refractivity contribution < 1.29 is 4.79 Å². The maximum atomic E-state index is 12.3. The van der Waals surface area contributed by atoms with Crippen LogP contribution in [0.25, 0.3) is 0 Å². The Kier molecular flexibility index (Phi) is 6.65. The lowest BCUT2D eigenvalue weighted by Gasteiger charge is -2.42. The zero-order chi connectivity index (χ0) is 15.6. The molecule has 1 unspecified atom stereocenters. The van der Waals surface area contributed by atoms with E-state index in [1.165, 1.54) is 11.8 Å². The van der Waals surface area contributed by atoms with Crippen LogP contribution in [-0.2, 0) is 4.79 Å². The van der Waals surface area contributed by atoms with E-state index in [9.17, 15) is 4.79 Å². The highest BCUT2D eigenvalue weighted by Gasteiger charge is 2.35. The molecule has 0 spiro atoms. The Labute approximate surface area is 142 Å². The number of halogens is 1. The van der Waals surface area contributed by atoms with E-state index in [0.29, 0.717) is 10.9 Å². The molecule has 0 radical (unpaired) electrons. The van der Waals surface area contributed by atoms with Crippen LogP contribution in [0.1, 0.15) is 31.7 Å². The molecule has 2 heterocycles. The monoisotopic (exact) mass is 344 g/mol. The number of piperidine rings is 1. The van der Waals surface area contributed by atoms with Crippen molar-refractivity contribution in [2.75, 3.05) is 18.8 Å². The first-order valence-corrected chi connectivity index (χ1v) is 8.25. The summed E-state index contributed by atoms with van der Waals surface area (Å²) in [6.45, 7) is 9.59. The van der Waals surface area contributed by atoms with Crippen LogP contribution in [0.4, 0.5) is 0 Å². The summed E-state index contributed by atoms with van der Waals surface area (Å²) in [5.41, 5.74) is 7.96. The Balaban J connectivity index is 0.00000242. The van der Waals surface area contributed by atoms with Gasteiger partial charge in [0.2, 0.25) is 5.91 Å². The number of carbonyl (C=O) groups excluding carboxylic acids is 1. The summed E-state index contributed by atoms with van der Waals surface area (Å²) in [4.78, 5) is 23.0. The lowest BCUT2D eigenvalue weighted by Crippen LogP contribution is -2.54. The Morgan fingerprint density at radius 3 is 2.55 bits per heavy atom. The molecule has 124 valence electrons. The third kappa shape index (κ3) is 4.83. The highest BCUT2D eigenvalue weighted by atomic mass is 35.5. The molecule has 5 nitrogen and oxygen atoms in total. The third-order valence-corrected chi connectivity index (χ3v) is 4.78. The highest BCUT2D eigenvalue weighted by molar-refractivity contribution is 7.99. The summed E-state index contributed by atoms with van der Waals surface area (Å²) >= 11 is 1.41. The predicted molar refractivity (Wildman–Crippen MR) is 92.4 cm³/mol. The van der Waals surface area contributed by atoms with Crippen molar-refractivity contribution in [3.05, 3.63) is 17.5 Å². The lowest BCUT2D eigenvalue weighted by atomic mass is 9.80. The zero-order valence-electron chi connectivity index (χ0n) is 13.6. The molecule has 2 rings (SSSR count). The molecule has 22 heavy (non-hydrogen) atoms. The first-order valence-electron chi connectivity index (χ1n) is 7.26. The van der Waals surface area contributed by atoms with Crippen LogP contribution >= 0.6 is 24.2 Å². The van der Waals surface area contributed by atoms with Gasteiger partial charge in [-0.1, -0.05) is 25.6 Å². The van der Waals surface area contributed by atoms with Crippen molar-refractivity contribution in [2.45, 2.75) is 45.3 Å². The van der Waals surface area contributed by atoms with Crippen LogP contribution < -0.4 is 5.73 Å². The lowest BCUT2D eigenvalue weighted by molar-refractivity contribution is -0.131. The SMILES string of the molecule is Cc1cc(C)nc(SCC(=O)N2CCC(N)C(C)(C)C2)n1.Cl. The van der Waals surface area contributed by atoms with E-state index < -0.39 is 0 Å². The fraction of sp³-hybridized carbons (Fsp3) is 0.667. The Bertz CT molecular complexity index is 518. The van der Waals surface area contributed by atoms with Crippen molar-refractivity contribution in [3.8, 4) is 0 Å². The molecule has 1 fully saturated rings. The molecule has 0 bridgehead atoms. The van der Waals surface area contributed by atoms with Crippen molar-refractivity contribution in [2.24, 2.45) is 11.1 Å². The largest absolute Gasteiger partial charge is 0.341 e. The summed E-state index contributed by atoms with van der Waals surface area (Å²) in [6.07, 6.45) is 0.865. The van der Waals surface area contributed by atoms with Crippen LogP contribution in [0.15, 0.2) is 11.2 Å². The van der Waals surface area contributed by atoms with Gasteiger partial charge >= 0.3 is 0 Å². The molecule has 7 heteroatoms. The van der Waals surface area contributed by atoms with Gasteiger partial charge in [-0.2, -0.15) is 0 Å². The van der Waals surface area contributed by atoms with E-state index in [-0.39, 0.29) is 29.8 Å². The van der Waals surface area contributed by atoms with E-state index in [0.717, 1.165) is 30.9 Å². The van der Waals surface area contributed by atoms with Gasteiger partial charge in [0, 0.05) is 30.5 Å². The summed E-state index contributed by atoms with van der Waals surface area (Å²) in [5.74, 6) is 0.525. The molecule has 1 aromatic rings. The molecular weight excluding hydrogens is 320 g/mol. The van der Waals surface area contributed by atoms with Gasteiger partial charge in [0.15, 0.2) is 5.16 Å². The molecule has 2 N–H and O–H groups in total. The number of amides is 1. The molecule has 0 aromatic carbocycles. The average molecular weight is 345 g/mol. The second-order valence-electron chi connectivity index (χ2n) is 6.42. The second-order valence-corrected chi connectivity index (χ2v) is 7.36. The van der Waals surface area contributed by atoms with E-state index in [4.69, 9.17) is 5.73 Å². The Morgan fingerprint density at radius 1 is 1.41 bits per heavy atom. The number of hydrogen-bond acceptors (Lipinski definition) is 5. The second kappa shape index (κ2) is 7.62. The summed E-state index contributed by atoms with van der Waals surface area (Å²) in [6, 6.07) is 2.09. The number of nitrogens with two attached hydrogens (primary N) is 1. The minimum atomic E-state index is -0.0188. The first-order chi connectivity index (χ1) is 9.78. The summed E-state index contributed by atoms with van der Waals surface area (Å²) in [7, 11) is 0. The van der Waals surface area contributed by atoms with Crippen LogP contribution in [0.5, 0.6) is 0 Å². The van der Waals surface area contributed by atoms with Crippen molar-refractivity contribution in [1.29, 1.82) is 0 Å². The smallest absolute Gasteiger partial charge is 0.233 e. The third-order valence-electron chi connectivity index (χ3n) is 3.95. The Hall–Kier alpha value is -0.850. The number of aromatic nitrogens is 2. The normalized spacial score (nSPS) is 20.4. The molecule has 1 amide bonds. The predicted octanol–water partition coefficient (Wildman–Crippen LogP) is 2.19. The zero-order valence-corrected chi connectivity index (χ0v) is 15.3. The van der Waals surface area contributed by atoms with Crippen LogP contribution in [0.2, 0.25) is 0 Å². The molecule has 1 saturated heterocycles. The minimum absolute atomic E-state index is 0. The van der Waals surface area contributed by atoms with Gasteiger partial charge in [0.25, 0.3) is 0 Å². The van der Waals surface area contributed by atoms with Gasteiger partial charge in [0.05, 0.1) is 5.75 Å². The van der Waals surface area contributed by atoms with Crippen molar-refractivity contribution in [3.63, 3.8) is 0 Å². The van der Waals surface area contributed by atoms with E-state index >= 15 is 0 Å². The number of likely N-dealkylation sites (tertiary alicyclic amines) is 1. The van der Waals surface area contributed by atoms with Gasteiger partial charge in [0.1, 0.15) is 0 Å². The van der Waals surface area contributed by atoms with E-state index in [1.54, 1.807) is 0 Å². The van der Waals surface area contributed by atoms with Crippen LogP contribution in [-0.4, -0.2) is 45.7 Å². The van der Waals surface area contributed by atoms with Crippen LogP contribution in [0, 0.1) is 19.3 Å². The first kappa shape index (κ1) is 19.2. The van der Waals surface area contributed by atoms with E-state index in [2.05, 4.69) is 23.8 Å². The maximum Gasteiger partial charge on any atom is 0.233 e. The number of thioether (sulfide) groups is 1. The summed E-state index contributed by atoms with van der Waals surface area (Å²) in [5, 5.41) is 0.675. The van der Waals surface area contributed by atoms with Crippen molar-refractivity contribution in [1.82, 2.24) is 14.9 Å². The van der Waals surface area contributed by atoms with Gasteiger partial charge in [-0.3, -0.25) is 4.79 Å². The van der Waals surface area contributed by atoms with Crippen LogP contribution in [0.3, 0.4) is 0 Å². The molecule has 1 aliphatic rings. The number of aryl methyl sites for hydroxylation is 2. The van der Waals surface area contributed by atoms with E-state index in [1.807, 2.05) is 24.8 Å². The standard InChI is InChI=1S/C15H24N4OS.ClH/c1-10-7-11(2)18-14(17-10)21-8-13(20)19-6-5-12(16)15(3,4)9-19;/h7,12H,5-6,8-9,16H2,1-4H3;1H.